The smallest absolute Gasteiger partial charge is 0.00659 e. The molecule has 0 aliphatic heterocycles. The fourth-order valence-electron chi connectivity index (χ4n) is 3.35. The highest BCUT2D eigenvalue weighted by Gasteiger charge is 2.14. The zero-order valence-corrected chi connectivity index (χ0v) is 27.0. The Morgan fingerprint density at radius 3 is 1.47 bits per heavy atom. The van der Waals surface area contributed by atoms with Gasteiger partial charge in [-0.2, -0.15) is 11.8 Å². The summed E-state index contributed by atoms with van der Waals surface area (Å²) in [4.78, 5) is 0. The summed E-state index contributed by atoms with van der Waals surface area (Å²) < 4.78 is 0. The first kappa shape index (κ1) is 34.2. The third-order valence-corrected chi connectivity index (χ3v) is 9.33. The van der Waals surface area contributed by atoms with E-state index in [2.05, 4.69) is 170 Å². The molecule has 38 heavy (non-hydrogen) atoms. The molecule has 0 aliphatic rings. The van der Waals surface area contributed by atoms with Crippen LogP contribution in [0.1, 0.15) is 52.9 Å². The Balaban J connectivity index is 0.000000327. The lowest BCUT2D eigenvalue weighted by atomic mass is 10.2. The maximum atomic E-state index is 3.33. The summed E-state index contributed by atoms with van der Waals surface area (Å²) in [5, 5.41) is 6.04. The zero-order valence-electron chi connectivity index (χ0n) is 23.7. The maximum Gasteiger partial charge on any atom is 0.00659 e. The Morgan fingerprint density at radius 1 is 0.658 bits per heavy atom. The predicted octanol–water partition coefficient (Wildman–Crippen LogP) is 10.2. The summed E-state index contributed by atoms with van der Waals surface area (Å²) >= 11 is 5.25. The molecule has 3 rings (SSSR count). The number of hydrogen-bond acceptors (Lipinski definition) is 1. The molecule has 0 nitrogen and oxygen atoms in total. The van der Waals surface area contributed by atoms with Crippen molar-refractivity contribution in [2.45, 2.75) is 58.1 Å². The van der Waals surface area contributed by atoms with Crippen LogP contribution >= 0.6 is 35.6 Å². The van der Waals surface area contributed by atoms with Gasteiger partial charge >= 0.3 is 0 Å². The van der Waals surface area contributed by atoms with Crippen molar-refractivity contribution in [3.63, 3.8) is 0 Å². The second kappa shape index (κ2) is 24.2. The molecule has 0 saturated carbocycles. The van der Waals surface area contributed by atoms with Crippen molar-refractivity contribution in [2.24, 2.45) is 0 Å². The third kappa shape index (κ3) is 16.2. The van der Waals surface area contributed by atoms with E-state index in [4.69, 9.17) is 0 Å². The second-order valence-electron chi connectivity index (χ2n) is 8.57. The number of thioether (sulfide) groups is 1. The maximum absolute atomic E-state index is 3.33. The van der Waals surface area contributed by atoms with Gasteiger partial charge in [0.05, 0.1) is 0 Å². The molecule has 0 heterocycles. The summed E-state index contributed by atoms with van der Waals surface area (Å²) in [5.74, 6) is 0. The summed E-state index contributed by atoms with van der Waals surface area (Å²) in [6.45, 7) is 6.57. The van der Waals surface area contributed by atoms with Crippen molar-refractivity contribution in [3.8, 4) is 0 Å². The van der Waals surface area contributed by atoms with Gasteiger partial charge in [0.25, 0.3) is 0 Å². The quantitative estimate of drug-likeness (QED) is 0.112. The van der Waals surface area contributed by atoms with Crippen LogP contribution in [0.2, 0.25) is 0 Å². The minimum Gasteiger partial charge on any atom is -0.162 e. The summed E-state index contributed by atoms with van der Waals surface area (Å²) in [6, 6.07) is 32.3. The SMILES string of the molecule is CC/C=C\C/C=C\CC(C)SC.CC/C=C\CCBr.c1ccc(P(c2ccccc2)c2ccccc2)cc1. The zero-order chi connectivity index (χ0) is 27.7. The van der Waals surface area contributed by atoms with Crippen molar-refractivity contribution in [2.75, 3.05) is 11.6 Å². The van der Waals surface area contributed by atoms with Crippen molar-refractivity contribution in [3.05, 3.63) is 127 Å². The number of hydrogen-bond donors (Lipinski definition) is 0. The molecule has 0 fully saturated rings. The highest BCUT2D eigenvalue weighted by Crippen LogP contribution is 2.32. The number of halogens is 1. The van der Waals surface area contributed by atoms with Gasteiger partial charge in [0.15, 0.2) is 0 Å². The summed E-state index contributed by atoms with van der Waals surface area (Å²) in [5.41, 5.74) is 0. The monoisotopic (exact) mass is 608 g/mol. The molecule has 0 N–H and O–H groups in total. The molecule has 0 aliphatic carbocycles. The van der Waals surface area contributed by atoms with Crippen LogP contribution in [-0.2, 0) is 0 Å². The minimum absolute atomic E-state index is 0.446. The molecule has 3 aromatic carbocycles. The second-order valence-corrected chi connectivity index (χ2v) is 12.9. The molecular formula is C35H46BrPS. The summed E-state index contributed by atoms with van der Waals surface area (Å²) in [7, 11) is -0.446. The molecule has 0 amide bonds. The lowest BCUT2D eigenvalue weighted by Crippen LogP contribution is -2.20. The Bertz CT molecular complexity index is 906. The van der Waals surface area contributed by atoms with E-state index in [1.165, 1.54) is 22.3 Å². The van der Waals surface area contributed by atoms with E-state index in [1.807, 2.05) is 11.8 Å². The van der Waals surface area contributed by atoms with E-state index in [0.717, 1.165) is 36.3 Å². The van der Waals surface area contributed by atoms with E-state index in [0.29, 0.717) is 0 Å². The molecule has 0 radical (unpaired) electrons. The van der Waals surface area contributed by atoms with Crippen molar-refractivity contribution in [1.82, 2.24) is 0 Å². The number of benzene rings is 3. The van der Waals surface area contributed by atoms with E-state index >= 15 is 0 Å². The highest BCUT2D eigenvalue weighted by atomic mass is 79.9. The van der Waals surface area contributed by atoms with Crippen molar-refractivity contribution in [1.29, 1.82) is 0 Å². The molecule has 0 spiro atoms. The van der Waals surface area contributed by atoms with Gasteiger partial charge in [0.1, 0.15) is 0 Å². The third-order valence-electron chi connectivity index (χ3n) is 5.43. The Labute approximate surface area is 247 Å². The average molecular weight is 610 g/mol. The molecule has 0 aromatic heterocycles. The fourth-order valence-corrected chi connectivity index (χ4v) is 6.22. The van der Waals surface area contributed by atoms with Crippen molar-refractivity contribution < 1.29 is 0 Å². The number of rotatable bonds is 12. The molecule has 204 valence electrons. The molecule has 3 aromatic rings. The van der Waals surface area contributed by atoms with E-state index in [1.54, 1.807) is 0 Å². The van der Waals surface area contributed by atoms with E-state index in [9.17, 15) is 0 Å². The largest absolute Gasteiger partial charge is 0.162 e. The van der Waals surface area contributed by atoms with Gasteiger partial charge in [-0.1, -0.05) is 164 Å². The van der Waals surface area contributed by atoms with Gasteiger partial charge in [-0.15, -0.1) is 0 Å². The highest BCUT2D eigenvalue weighted by molar-refractivity contribution is 9.09. The molecule has 0 bridgehead atoms. The van der Waals surface area contributed by atoms with Gasteiger partial charge < -0.3 is 0 Å². The van der Waals surface area contributed by atoms with Gasteiger partial charge in [-0.3, -0.25) is 0 Å². The van der Waals surface area contributed by atoms with Crippen molar-refractivity contribution >= 4 is 51.5 Å². The molecule has 1 unspecified atom stereocenters. The normalized spacial score (nSPS) is 11.8. The van der Waals surface area contributed by atoms with Crippen LogP contribution in [0.5, 0.6) is 0 Å². The number of allylic oxidation sites excluding steroid dienone is 6. The Morgan fingerprint density at radius 2 is 1.08 bits per heavy atom. The minimum atomic E-state index is -0.446. The van der Waals surface area contributed by atoms with Gasteiger partial charge in [-0.25, -0.2) is 0 Å². The first-order chi connectivity index (χ1) is 18.7. The number of alkyl halides is 1. The van der Waals surface area contributed by atoms with Gasteiger partial charge in [0.2, 0.25) is 0 Å². The van der Waals surface area contributed by atoms with Gasteiger partial charge in [-0.05, 0) is 62.2 Å². The molecular weight excluding hydrogens is 563 g/mol. The lowest BCUT2D eigenvalue weighted by molar-refractivity contribution is 0.979. The first-order valence-corrected chi connectivity index (χ1v) is 17.4. The standard InChI is InChI=1S/C18H15P.C11H20S.C6H11Br/c1-4-10-16(11-5-1)19(17-12-6-2-7-13-17)18-14-8-3-9-15-18;1-4-5-6-7-8-9-10-11(2)12-3;1-2-3-4-5-6-7/h1-15H;5-6,8-9,11H,4,7,10H2,1-3H3;3-4H,2,5-6H2,1H3/b;6-5-,9-8-;4-3-. The first-order valence-electron chi connectivity index (χ1n) is 13.7. The van der Waals surface area contributed by atoms with Crippen LogP contribution in [0.25, 0.3) is 0 Å². The van der Waals surface area contributed by atoms with Crippen LogP contribution < -0.4 is 15.9 Å². The van der Waals surface area contributed by atoms with E-state index in [-0.39, 0.29) is 0 Å². The van der Waals surface area contributed by atoms with Crippen LogP contribution in [0.15, 0.2) is 127 Å². The van der Waals surface area contributed by atoms with Crippen LogP contribution in [0.4, 0.5) is 0 Å². The van der Waals surface area contributed by atoms with Crippen LogP contribution in [-0.4, -0.2) is 16.8 Å². The van der Waals surface area contributed by atoms with E-state index < -0.39 is 7.92 Å². The molecule has 0 saturated heterocycles. The molecule has 3 heteroatoms. The lowest BCUT2D eigenvalue weighted by Gasteiger charge is -2.18. The Hall–Kier alpha value is -1.86. The summed E-state index contributed by atoms with van der Waals surface area (Å²) in [6.07, 6.45) is 21.3. The predicted molar refractivity (Wildman–Crippen MR) is 184 cm³/mol. The Kier molecular flexibility index (Phi) is 21.8. The van der Waals surface area contributed by atoms with Gasteiger partial charge in [0, 0.05) is 10.6 Å². The topological polar surface area (TPSA) is 0 Å². The fraction of sp³-hybridized carbons (Fsp3) is 0.314. The van der Waals surface area contributed by atoms with Crippen LogP contribution in [0, 0.1) is 0 Å². The average Bonchev–Trinajstić information content (AvgIpc) is 2.97. The van der Waals surface area contributed by atoms with Crippen LogP contribution in [0.3, 0.4) is 0 Å². The molecule has 1 atom stereocenters.